The fourth-order valence-electron chi connectivity index (χ4n) is 2.44. The van der Waals surface area contributed by atoms with Crippen LogP contribution in [0.2, 0.25) is 0 Å². The van der Waals surface area contributed by atoms with Crippen molar-refractivity contribution in [1.29, 1.82) is 5.41 Å². The molecule has 1 atom stereocenters. The normalized spacial score (nSPS) is 18.9. The van der Waals surface area contributed by atoms with Crippen LogP contribution in [0.1, 0.15) is 35.6 Å². The zero-order valence-electron chi connectivity index (χ0n) is 9.38. The first kappa shape index (κ1) is 11.2. The van der Waals surface area contributed by atoms with Gasteiger partial charge in [0.15, 0.2) is 7.98 Å². The van der Waals surface area contributed by atoms with Crippen LogP contribution >= 0.6 is 0 Å². The Morgan fingerprint density at radius 3 is 3.00 bits per heavy atom. The largest absolute Gasteiger partial charge is 0.356 e. The highest BCUT2D eigenvalue weighted by atomic mass is 16.5. The first-order valence-electron chi connectivity index (χ1n) is 5.56. The number of hydroxylamine groups is 1. The molecule has 0 aromatic heterocycles. The molecule has 0 aliphatic heterocycles. The van der Waals surface area contributed by atoms with Crippen molar-refractivity contribution in [2.75, 3.05) is 0 Å². The van der Waals surface area contributed by atoms with E-state index < -0.39 is 0 Å². The van der Waals surface area contributed by atoms with Gasteiger partial charge in [0.05, 0.1) is 0 Å². The summed E-state index contributed by atoms with van der Waals surface area (Å²) in [5, 5.41) is 19.8. The maximum Gasteiger partial charge on any atom is 0.182 e. The van der Waals surface area contributed by atoms with Gasteiger partial charge in [-0.1, -0.05) is 18.2 Å². The molecule has 2 rings (SSSR count). The van der Waals surface area contributed by atoms with Crippen molar-refractivity contribution < 1.29 is 5.21 Å². The van der Waals surface area contributed by atoms with Gasteiger partial charge in [-0.05, 0) is 30.4 Å². The maximum atomic E-state index is 8.82. The van der Waals surface area contributed by atoms with E-state index in [4.69, 9.17) is 10.6 Å². The van der Waals surface area contributed by atoms with Gasteiger partial charge >= 0.3 is 0 Å². The van der Waals surface area contributed by atoms with Crippen molar-refractivity contribution in [2.24, 2.45) is 0 Å². The van der Waals surface area contributed by atoms with Gasteiger partial charge in [0.1, 0.15) is 5.84 Å². The third kappa shape index (κ3) is 1.84. The minimum Gasteiger partial charge on any atom is -0.356 e. The molecule has 0 unspecified atom stereocenters. The summed E-state index contributed by atoms with van der Waals surface area (Å²) in [4.78, 5) is 0. The molecule has 1 aliphatic rings. The van der Waals surface area contributed by atoms with Crippen LogP contribution in [0.15, 0.2) is 18.2 Å². The molecule has 1 aliphatic carbocycles. The van der Waals surface area contributed by atoms with Gasteiger partial charge in [0.2, 0.25) is 0 Å². The number of hydrogen-bond donors (Lipinski definition) is 4. The molecular formula is C11H16BN3O. The molecule has 1 aromatic rings. The van der Waals surface area contributed by atoms with Crippen molar-refractivity contribution >= 4 is 13.8 Å². The Hall–Kier alpha value is -1.33. The second kappa shape index (κ2) is 4.68. The smallest absolute Gasteiger partial charge is 0.182 e. The highest BCUT2D eigenvalue weighted by Crippen LogP contribution is 2.31. The molecule has 0 heterocycles. The van der Waals surface area contributed by atoms with Crippen LogP contribution in [0.25, 0.3) is 0 Å². The quantitative estimate of drug-likeness (QED) is 0.252. The van der Waals surface area contributed by atoms with Gasteiger partial charge in [0, 0.05) is 11.6 Å². The van der Waals surface area contributed by atoms with Gasteiger partial charge in [0.25, 0.3) is 0 Å². The number of amidine groups is 1. The Labute approximate surface area is 96.0 Å². The van der Waals surface area contributed by atoms with Crippen molar-refractivity contribution in [2.45, 2.75) is 25.3 Å². The van der Waals surface area contributed by atoms with Crippen molar-refractivity contribution in [3.63, 3.8) is 0 Å². The lowest BCUT2D eigenvalue weighted by Crippen LogP contribution is -2.26. The number of hydrogen-bond acceptors (Lipinski definition) is 3. The molecule has 16 heavy (non-hydrogen) atoms. The Morgan fingerprint density at radius 2 is 2.31 bits per heavy atom. The standard InChI is InChI=1S/C11H16BN3O/c12-14-10-6-2-3-7-8(10)4-1-5-9(7)11(13)15-16/h1,4-5,10,14,16H,2-3,6,12H2,(H2,13,15)/t10-/m0/s1. The van der Waals surface area contributed by atoms with Crippen LogP contribution in [0.4, 0.5) is 0 Å². The zero-order chi connectivity index (χ0) is 11.5. The minimum atomic E-state index is 0.0774. The summed E-state index contributed by atoms with van der Waals surface area (Å²) in [5.74, 6) is 0.0774. The highest BCUT2D eigenvalue weighted by Gasteiger charge is 2.21. The molecular weight excluding hydrogens is 201 g/mol. The number of rotatable bonds is 2. The fourth-order valence-corrected chi connectivity index (χ4v) is 2.44. The van der Waals surface area contributed by atoms with Gasteiger partial charge in [-0.2, -0.15) is 0 Å². The molecule has 0 saturated carbocycles. The second-order valence-corrected chi connectivity index (χ2v) is 4.09. The van der Waals surface area contributed by atoms with Gasteiger partial charge in [-0.3, -0.25) is 16.1 Å². The van der Waals surface area contributed by atoms with E-state index >= 15 is 0 Å². The minimum absolute atomic E-state index is 0.0774. The molecule has 0 radical (unpaired) electrons. The van der Waals surface area contributed by atoms with E-state index in [1.807, 2.05) is 25.6 Å². The van der Waals surface area contributed by atoms with Crippen LogP contribution < -0.4 is 10.7 Å². The Balaban J connectivity index is 2.46. The van der Waals surface area contributed by atoms with Crippen molar-refractivity contribution in [1.82, 2.24) is 10.7 Å². The van der Waals surface area contributed by atoms with E-state index in [1.54, 1.807) is 0 Å². The summed E-state index contributed by atoms with van der Waals surface area (Å²) in [6.07, 6.45) is 3.23. The van der Waals surface area contributed by atoms with Crippen LogP contribution in [0.3, 0.4) is 0 Å². The van der Waals surface area contributed by atoms with Crippen LogP contribution in [-0.4, -0.2) is 19.0 Å². The summed E-state index contributed by atoms with van der Waals surface area (Å²) < 4.78 is 0. The van der Waals surface area contributed by atoms with E-state index in [-0.39, 0.29) is 5.84 Å². The van der Waals surface area contributed by atoms with E-state index in [0.29, 0.717) is 6.04 Å². The molecule has 0 fully saturated rings. The first-order valence-corrected chi connectivity index (χ1v) is 5.56. The molecule has 5 heteroatoms. The Kier molecular flexibility index (Phi) is 3.26. The lowest BCUT2D eigenvalue weighted by molar-refractivity contribution is 0.234. The summed E-state index contributed by atoms with van der Waals surface area (Å²) in [6, 6.07) is 6.29. The SMILES string of the molecule is BN[C@H]1CCCc2c(C(=N)NO)cccc21. The molecule has 0 bridgehead atoms. The summed E-state index contributed by atoms with van der Waals surface area (Å²) in [5.41, 5.74) is 5.17. The van der Waals surface area contributed by atoms with E-state index in [9.17, 15) is 0 Å². The first-order chi connectivity index (χ1) is 7.77. The maximum absolute atomic E-state index is 8.82. The monoisotopic (exact) mass is 217 g/mol. The van der Waals surface area contributed by atoms with Crippen LogP contribution in [-0.2, 0) is 6.42 Å². The average Bonchev–Trinajstić information content (AvgIpc) is 2.36. The Bertz CT molecular complexity index is 408. The fraction of sp³-hybridized carbons (Fsp3) is 0.364. The van der Waals surface area contributed by atoms with Crippen LogP contribution in [0, 0.1) is 5.41 Å². The predicted molar refractivity (Wildman–Crippen MR) is 65.6 cm³/mol. The lowest BCUT2D eigenvalue weighted by atomic mass is 9.84. The average molecular weight is 217 g/mol. The highest BCUT2D eigenvalue weighted by molar-refractivity contribution is 6.04. The molecule has 84 valence electrons. The van der Waals surface area contributed by atoms with E-state index in [0.717, 1.165) is 24.8 Å². The second-order valence-electron chi connectivity index (χ2n) is 4.09. The lowest BCUT2D eigenvalue weighted by Gasteiger charge is -2.27. The number of benzene rings is 1. The third-order valence-corrected chi connectivity index (χ3v) is 3.24. The van der Waals surface area contributed by atoms with Crippen LogP contribution in [0.5, 0.6) is 0 Å². The van der Waals surface area contributed by atoms with Crippen molar-refractivity contribution in [3.05, 3.63) is 34.9 Å². The van der Waals surface area contributed by atoms with Gasteiger partial charge < -0.3 is 5.23 Å². The van der Waals surface area contributed by atoms with E-state index in [2.05, 4.69) is 11.3 Å². The number of fused-ring (bicyclic) bond motifs is 1. The topological polar surface area (TPSA) is 68.1 Å². The van der Waals surface area contributed by atoms with E-state index in [1.165, 1.54) is 11.1 Å². The Morgan fingerprint density at radius 1 is 1.50 bits per heavy atom. The molecule has 4 nitrogen and oxygen atoms in total. The molecule has 0 spiro atoms. The number of nitrogens with one attached hydrogen (secondary N) is 3. The van der Waals surface area contributed by atoms with Gasteiger partial charge in [-0.15, -0.1) is 0 Å². The summed E-state index contributed by atoms with van der Waals surface area (Å²) in [7, 11) is 1.96. The zero-order valence-corrected chi connectivity index (χ0v) is 9.38. The van der Waals surface area contributed by atoms with Crippen molar-refractivity contribution in [3.8, 4) is 0 Å². The molecule has 1 aromatic carbocycles. The molecule has 4 N–H and O–H groups in total. The molecule has 0 amide bonds. The third-order valence-electron chi connectivity index (χ3n) is 3.24. The summed E-state index contributed by atoms with van der Waals surface area (Å²) >= 11 is 0. The predicted octanol–water partition coefficient (Wildman–Crippen LogP) is 0.506. The van der Waals surface area contributed by atoms with Gasteiger partial charge in [-0.25, -0.2) is 0 Å². The molecule has 0 saturated heterocycles. The summed E-state index contributed by atoms with van der Waals surface area (Å²) in [6.45, 7) is 0.